The molecule has 0 radical (unpaired) electrons. The molecule has 0 bridgehead atoms. The van der Waals surface area contributed by atoms with E-state index in [-0.39, 0.29) is 11.8 Å². The Bertz CT molecular complexity index is 682. The fourth-order valence-electron chi connectivity index (χ4n) is 1.91. The van der Waals surface area contributed by atoms with Gasteiger partial charge < -0.3 is 10.4 Å². The molecule has 0 heterocycles. The minimum atomic E-state index is -0.487. The highest BCUT2D eigenvalue weighted by atomic mass is 79.9. The van der Waals surface area contributed by atoms with Crippen molar-refractivity contribution in [3.63, 3.8) is 0 Å². The average molecular weight is 335 g/mol. The number of hydrogen-bond donors (Lipinski definition) is 2. The number of nitriles is 1. The Labute approximate surface area is 124 Å². The van der Waals surface area contributed by atoms with Crippen molar-refractivity contribution in [3.8, 4) is 11.8 Å². The van der Waals surface area contributed by atoms with E-state index in [1.807, 2.05) is 0 Å². The van der Waals surface area contributed by atoms with E-state index >= 15 is 0 Å². The number of halogens is 2. The zero-order valence-corrected chi connectivity index (χ0v) is 12.3. The van der Waals surface area contributed by atoms with Gasteiger partial charge in [-0.05, 0) is 31.2 Å². The van der Waals surface area contributed by atoms with Gasteiger partial charge in [0.1, 0.15) is 17.6 Å². The van der Waals surface area contributed by atoms with Gasteiger partial charge in [0.15, 0.2) is 0 Å². The van der Waals surface area contributed by atoms with Crippen LogP contribution in [0.3, 0.4) is 0 Å². The van der Waals surface area contributed by atoms with Gasteiger partial charge >= 0.3 is 0 Å². The van der Waals surface area contributed by atoms with Gasteiger partial charge in [-0.15, -0.1) is 0 Å². The monoisotopic (exact) mass is 334 g/mol. The van der Waals surface area contributed by atoms with Crippen LogP contribution in [0.1, 0.15) is 24.1 Å². The van der Waals surface area contributed by atoms with Crippen LogP contribution in [0, 0.1) is 17.1 Å². The first-order valence-electron chi connectivity index (χ1n) is 5.96. The first kappa shape index (κ1) is 14.4. The van der Waals surface area contributed by atoms with Crippen molar-refractivity contribution >= 4 is 21.6 Å². The summed E-state index contributed by atoms with van der Waals surface area (Å²) >= 11 is 3.34. The second kappa shape index (κ2) is 5.93. The summed E-state index contributed by atoms with van der Waals surface area (Å²) in [5.41, 5.74) is 1.53. The van der Waals surface area contributed by atoms with Crippen molar-refractivity contribution < 1.29 is 9.50 Å². The van der Waals surface area contributed by atoms with E-state index < -0.39 is 5.82 Å². The molecule has 1 unspecified atom stereocenters. The maximum atomic E-state index is 13.8. The zero-order valence-electron chi connectivity index (χ0n) is 10.7. The van der Waals surface area contributed by atoms with E-state index in [0.29, 0.717) is 16.8 Å². The van der Waals surface area contributed by atoms with Crippen LogP contribution in [-0.2, 0) is 0 Å². The topological polar surface area (TPSA) is 56.0 Å². The molecule has 0 saturated heterocycles. The molecule has 0 spiro atoms. The summed E-state index contributed by atoms with van der Waals surface area (Å²) in [6.07, 6.45) is 0. The molecule has 2 aromatic rings. The first-order chi connectivity index (χ1) is 9.51. The predicted octanol–water partition coefficient (Wildman–Crippen LogP) is 4.34. The third-order valence-electron chi connectivity index (χ3n) is 2.92. The standard InChI is InChI=1S/C15H12BrFN2O/c1-9(13-5-4-12(20)7-14(13)17)19-15-6-11(16)3-2-10(15)8-18/h2-7,9,19-20H,1H3. The molecule has 102 valence electrons. The molecule has 0 aliphatic heterocycles. The van der Waals surface area contributed by atoms with Gasteiger partial charge in [-0.2, -0.15) is 5.26 Å². The lowest BCUT2D eigenvalue weighted by atomic mass is 10.1. The van der Waals surface area contributed by atoms with Crippen molar-refractivity contribution in [1.29, 1.82) is 5.26 Å². The minimum Gasteiger partial charge on any atom is -0.508 e. The van der Waals surface area contributed by atoms with Crippen LogP contribution >= 0.6 is 15.9 Å². The number of rotatable bonds is 3. The van der Waals surface area contributed by atoms with E-state index in [1.165, 1.54) is 12.1 Å². The summed E-state index contributed by atoms with van der Waals surface area (Å²) in [4.78, 5) is 0. The molecule has 1 atom stereocenters. The van der Waals surface area contributed by atoms with Gasteiger partial charge in [0, 0.05) is 16.1 Å². The Hall–Kier alpha value is -2.06. The zero-order chi connectivity index (χ0) is 14.7. The summed E-state index contributed by atoms with van der Waals surface area (Å²) in [6, 6.07) is 11.0. The predicted molar refractivity (Wildman–Crippen MR) is 79.0 cm³/mol. The molecule has 20 heavy (non-hydrogen) atoms. The minimum absolute atomic E-state index is 0.112. The second-order valence-electron chi connectivity index (χ2n) is 4.37. The molecule has 0 fully saturated rings. The molecule has 0 aromatic heterocycles. The lowest BCUT2D eigenvalue weighted by molar-refractivity contribution is 0.467. The summed E-state index contributed by atoms with van der Waals surface area (Å²) in [6.45, 7) is 1.79. The maximum absolute atomic E-state index is 13.8. The van der Waals surface area contributed by atoms with Crippen molar-refractivity contribution in [2.45, 2.75) is 13.0 Å². The van der Waals surface area contributed by atoms with Gasteiger partial charge in [0.05, 0.1) is 17.3 Å². The molecule has 2 N–H and O–H groups in total. The Balaban J connectivity index is 2.30. The maximum Gasteiger partial charge on any atom is 0.132 e. The number of anilines is 1. The largest absolute Gasteiger partial charge is 0.508 e. The van der Waals surface area contributed by atoms with Gasteiger partial charge in [-0.25, -0.2) is 4.39 Å². The smallest absolute Gasteiger partial charge is 0.132 e. The van der Waals surface area contributed by atoms with Gasteiger partial charge in [-0.1, -0.05) is 22.0 Å². The quantitative estimate of drug-likeness (QED) is 0.877. The lowest BCUT2D eigenvalue weighted by Crippen LogP contribution is -2.09. The van der Waals surface area contributed by atoms with Gasteiger partial charge in [0.2, 0.25) is 0 Å². The third kappa shape index (κ3) is 3.09. The fourth-order valence-corrected chi connectivity index (χ4v) is 2.27. The van der Waals surface area contributed by atoms with Crippen molar-refractivity contribution in [1.82, 2.24) is 0 Å². The molecule has 3 nitrogen and oxygen atoms in total. The summed E-state index contributed by atoms with van der Waals surface area (Å²) in [7, 11) is 0. The Kier molecular flexibility index (Phi) is 4.26. The van der Waals surface area contributed by atoms with E-state index in [9.17, 15) is 9.50 Å². The Morgan fingerprint density at radius 3 is 2.70 bits per heavy atom. The van der Waals surface area contributed by atoms with Crippen molar-refractivity contribution in [2.24, 2.45) is 0 Å². The third-order valence-corrected chi connectivity index (χ3v) is 3.42. The Morgan fingerprint density at radius 2 is 2.05 bits per heavy atom. The summed E-state index contributed by atoms with van der Waals surface area (Å²) < 4.78 is 14.6. The molecular weight excluding hydrogens is 323 g/mol. The molecule has 0 amide bonds. The highest BCUT2D eigenvalue weighted by Gasteiger charge is 2.13. The summed E-state index contributed by atoms with van der Waals surface area (Å²) in [5, 5.41) is 21.4. The number of nitrogens with one attached hydrogen (secondary N) is 1. The van der Waals surface area contributed by atoms with Crippen LogP contribution in [0.2, 0.25) is 0 Å². The lowest BCUT2D eigenvalue weighted by Gasteiger charge is -2.17. The average Bonchev–Trinajstić information content (AvgIpc) is 2.38. The number of phenols is 1. The normalized spacial score (nSPS) is 11.7. The molecular formula is C15H12BrFN2O. The number of phenolic OH excluding ortho intramolecular Hbond substituents is 1. The number of nitrogens with zero attached hydrogens (tertiary/aromatic N) is 1. The SMILES string of the molecule is CC(Nc1cc(Br)ccc1C#N)c1ccc(O)cc1F. The van der Waals surface area contributed by atoms with Crippen LogP contribution in [0.4, 0.5) is 10.1 Å². The van der Waals surface area contributed by atoms with Gasteiger partial charge in [0.25, 0.3) is 0 Å². The van der Waals surface area contributed by atoms with Crippen LogP contribution < -0.4 is 5.32 Å². The van der Waals surface area contributed by atoms with Crippen molar-refractivity contribution in [2.75, 3.05) is 5.32 Å². The molecule has 5 heteroatoms. The number of benzene rings is 2. The highest BCUT2D eigenvalue weighted by Crippen LogP contribution is 2.27. The van der Waals surface area contributed by atoms with E-state index in [1.54, 1.807) is 25.1 Å². The van der Waals surface area contributed by atoms with Crippen LogP contribution in [0.5, 0.6) is 5.75 Å². The summed E-state index contributed by atoms with van der Waals surface area (Å²) in [5.74, 6) is -0.600. The van der Waals surface area contributed by atoms with Crippen LogP contribution in [0.25, 0.3) is 0 Å². The van der Waals surface area contributed by atoms with E-state index in [0.717, 1.165) is 10.5 Å². The number of aromatic hydroxyl groups is 1. The van der Waals surface area contributed by atoms with Gasteiger partial charge in [-0.3, -0.25) is 0 Å². The highest BCUT2D eigenvalue weighted by molar-refractivity contribution is 9.10. The van der Waals surface area contributed by atoms with E-state index in [2.05, 4.69) is 27.3 Å². The molecule has 0 saturated carbocycles. The van der Waals surface area contributed by atoms with Crippen LogP contribution in [0.15, 0.2) is 40.9 Å². The first-order valence-corrected chi connectivity index (χ1v) is 6.75. The van der Waals surface area contributed by atoms with Crippen molar-refractivity contribution in [3.05, 3.63) is 57.8 Å². The molecule has 0 aliphatic rings. The number of hydrogen-bond acceptors (Lipinski definition) is 3. The van der Waals surface area contributed by atoms with Crippen LogP contribution in [-0.4, -0.2) is 5.11 Å². The molecule has 2 rings (SSSR count). The van der Waals surface area contributed by atoms with E-state index in [4.69, 9.17) is 5.26 Å². The molecule has 0 aliphatic carbocycles. The second-order valence-corrected chi connectivity index (χ2v) is 5.29. The molecule has 2 aromatic carbocycles. The fraction of sp³-hybridized carbons (Fsp3) is 0.133. The Morgan fingerprint density at radius 1 is 1.30 bits per heavy atom.